The molecule has 2 heterocycles. The second-order valence-corrected chi connectivity index (χ2v) is 10.8. The van der Waals surface area contributed by atoms with Crippen LogP contribution in [-0.4, -0.2) is 24.3 Å². The summed E-state index contributed by atoms with van der Waals surface area (Å²) >= 11 is 0. The molecule has 1 aliphatic heterocycles. The number of hydrogen-bond acceptors (Lipinski definition) is 2. The number of nitrogens with one attached hydrogen (secondary N) is 1. The Balaban J connectivity index is 1.72. The summed E-state index contributed by atoms with van der Waals surface area (Å²) in [6.07, 6.45) is 0.685. The van der Waals surface area contributed by atoms with E-state index in [9.17, 15) is 8.42 Å². The zero-order valence-electron chi connectivity index (χ0n) is 18.9. The van der Waals surface area contributed by atoms with E-state index in [1.807, 2.05) is 52.0 Å². The van der Waals surface area contributed by atoms with Crippen LogP contribution in [0.2, 0.25) is 0 Å². The van der Waals surface area contributed by atoms with Crippen molar-refractivity contribution < 1.29 is 8.42 Å². The molecule has 1 N–H and O–H groups in total. The number of aryl methyl sites for hydroxylation is 4. The van der Waals surface area contributed by atoms with E-state index in [-0.39, 0.29) is 0 Å². The summed E-state index contributed by atoms with van der Waals surface area (Å²) in [5, 5.41) is 1.18. The van der Waals surface area contributed by atoms with Gasteiger partial charge in [0.25, 0.3) is 0 Å². The summed E-state index contributed by atoms with van der Waals surface area (Å²) in [6.45, 7) is 8.37. The van der Waals surface area contributed by atoms with Crippen molar-refractivity contribution in [2.75, 3.05) is 6.54 Å². The summed E-state index contributed by atoms with van der Waals surface area (Å²) in [5.41, 5.74) is 8.27. The highest BCUT2D eigenvalue weighted by Gasteiger charge is 2.39. The second-order valence-electron chi connectivity index (χ2n) is 8.94. The number of rotatable bonds is 3. The minimum atomic E-state index is -3.71. The van der Waals surface area contributed by atoms with Gasteiger partial charge in [-0.1, -0.05) is 54.1 Å². The van der Waals surface area contributed by atoms with Crippen molar-refractivity contribution in [2.45, 2.75) is 45.1 Å². The molecular weight excluding hydrogens is 416 g/mol. The van der Waals surface area contributed by atoms with Crippen molar-refractivity contribution in [1.29, 1.82) is 0 Å². The molecular formula is C27H28N2O2S. The van der Waals surface area contributed by atoms with E-state index in [0.717, 1.165) is 39.0 Å². The van der Waals surface area contributed by atoms with E-state index in [1.54, 1.807) is 4.31 Å². The number of H-pyrrole nitrogens is 1. The van der Waals surface area contributed by atoms with Crippen LogP contribution in [0.4, 0.5) is 0 Å². The van der Waals surface area contributed by atoms with E-state index in [4.69, 9.17) is 0 Å². The smallest absolute Gasteiger partial charge is 0.244 e. The molecule has 0 spiro atoms. The van der Waals surface area contributed by atoms with E-state index in [0.29, 0.717) is 17.9 Å². The number of sulfonamides is 1. The molecule has 0 saturated carbocycles. The summed E-state index contributed by atoms with van der Waals surface area (Å²) in [6, 6.07) is 19.9. The molecule has 32 heavy (non-hydrogen) atoms. The third-order valence-corrected chi connectivity index (χ3v) is 8.77. The van der Waals surface area contributed by atoms with E-state index < -0.39 is 16.1 Å². The van der Waals surface area contributed by atoms with Crippen LogP contribution < -0.4 is 0 Å². The highest BCUT2D eigenvalue weighted by atomic mass is 32.2. The lowest BCUT2D eigenvalue weighted by atomic mass is 9.94. The van der Waals surface area contributed by atoms with Crippen molar-refractivity contribution >= 4 is 20.9 Å². The quantitative estimate of drug-likeness (QED) is 0.438. The van der Waals surface area contributed by atoms with Crippen molar-refractivity contribution in [3.63, 3.8) is 0 Å². The maximum Gasteiger partial charge on any atom is 0.244 e. The van der Waals surface area contributed by atoms with Gasteiger partial charge in [0.2, 0.25) is 10.0 Å². The highest BCUT2D eigenvalue weighted by Crippen LogP contribution is 2.41. The summed E-state index contributed by atoms with van der Waals surface area (Å²) < 4.78 is 29.8. The average molecular weight is 445 g/mol. The highest BCUT2D eigenvalue weighted by molar-refractivity contribution is 7.89. The zero-order valence-corrected chi connectivity index (χ0v) is 19.8. The molecule has 1 atom stereocenters. The lowest BCUT2D eigenvalue weighted by Crippen LogP contribution is -2.40. The number of para-hydroxylation sites is 1. The SMILES string of the molecule is Cc1ccc([C@H]2c3[nH]c4ccccc4c3CCN2S(=O)(=O)c2cc(C)c(C)cc2C)cc1. The molecule has 0 saturated heterocycles. The summed E-state index contributed by atoms with van der Waals surface area (Å²) in [7, 11) is -3.71. The summed E-state index contributed by atoms with van der Waals surface area (Å²) in [4.78, 5) is 3.96. The molecule has 5 heteroatoms. The average Bonchev–Trinajstić information content (AvgIpc) is 3.15. The number of aromatic amines is 1. The molecule has 0 unspecified atom stereocenters. The first kappa shape index (κ1) is 21.0. The first-order chi connectivity index (χ1) is 15.3. The van der Waals surface area contributed by atoms with Crippen molar-refractivity contribution in [2.24, 2.45) is 0 Å². The third-order valence-electron chi connectivity index (χ3n) is 6.76. The van der Waals surface area contributed by atoms with Gasteiger partial charge in [0, 0.05) is 23.1 Å². The first-order valence-corrected chi connectivity index (χ1v) is 12.5. The normalized spacial score (nSPS) is 16.9. The Hall–Kier alpha value is -2.89. The van der Waals surface area contributed by atoms with Gasteiger partial charge in [-0.3, -0.25) is 0 Å². The fourth-order valence-electron chi connectivity index (χ4n) is 4.90. The summed E-state index contributed by atoms with van der Waals surface area (Å²) in [5.74, 6) is 0. The number of hydrogen-bond donors (Lipinski definition) is 1. The van der Waals surface area contributed by atoms with Crippen LogP contribution in [0.5, 0.6) is 0 Å². The lowest BCUT2D eigenvalue weighted by Gasteiger charge is -2.35. The molecule has 0 amide bonds. The van der Waals surface area contributed by atoms with Gasteiger partial charge in [0.15, 0.2) is 0 Å². The van der Waals surface area contributed by atoms with Crippen LogP contribution in [-0.2, 0) is 16.4 Å². The first-order valence-electron chi connectivity index (χ1n) is 11.0. The molecule has 4 aromatic rings. The van der Waals surface area contributed by atoms with Crippen LogP contribution >= 0.6 is 0 Å². The van der Waals surface area contributed by atoms with E-state index >= 15 is 0 Å². The Morgan fingerprint density at radius 3 is 2.31 bits per heavy atom. The Kier molecular flexibility index (Phi) is 4.99. The largest absolute Gasteiger partial charge is 0.357 e. The van der Waals surface area contributed by atoms with Gasteiger partial charge in [-0.2, -0.15) is 4.31 Å². The minimum Gasteiger partial charge on any atom is -0.357 e. The van der Waals surface area contributed by atoms with Crippen LogP contribution in [0.1, 0.15) is 45.1 Å². The van der Waals surface area contributed by atoms with Crippen LogP contribution in [0.3, 0.4) is 0 Å². The van der Waals surface area contributed by atoms with Crippen LogP contribution in [0, 0.1) is 27.7 Å². The fraction of sp³-hybridized carbons (Fsp3) is 0.259. The van der Waals surface area contributed by atoms with Gasteiger partial charge in [-0.25, -0.2) is 8.42 Å². The van der Waals surface area contributed by atoms with Gasteiger partial charge >= 0.3 is 0 Å². The van der Waals surface area contributed by atoms with Gasteiger partial charge in [0.1, 0.15) is 0 Å². The zero-order chi connectivity index (χ0) is 22.6. The minimum absolute atomic E-state index is 0.391. The molecule has 4 nitrogen and oxygen atoms in total. The van der Waals surface area contributed by atoms with Gasteiger partial charge in [0.05, 0.1) is 10.9 Å². The molecule has 1 aromatic heterocycles. The molecule has 0 fully saturated rings. The lowest BCUT2D eigenvalue weighted by molar-refractivity contribution is 0.340. The Morgan fingerprint density at radius 1 is 0.875 bits per heavy atom. The molecule has 164 valence electrons. The number of benzene rings is 3. The molecule has 1 aliphatic rings. The topological polar surface area (TPSA) is 53.2 Å². The molecule has 3 aromatic carbocycles. The van der Waals surface area contributed by atoms with Gasteiger partial charge < -0.3 is 4.98 Å². The molecule has 0 radical (unpaired) electrons. The standard InChI is InChI=1S/C27H28N2O2S/c1-17-9-11-21(12-10-17)27-26-23(22-7-5-6-8-24(22)28-26)13-14-29(27)32(30,31)25-16-19(3)18(2)15-20(25)4/h5-12,15-16,27-28H,13-14H2,1-4H3/t27-/m0/s1. The van der Waals surface area contributed by atoms with Gasteiger partial charge in [-0.15, -0.1) is 0 Å². The second kappa shape index (κ2) is 7.61. The Bertz CT molecular complexity index is 1430. The Morgan fingerprint density at radius 2 is 1.56 bits per heavy atom. The predicted molar refractivity (Wildman–Crippen MR) is 130 cm³/mol. The van der Waals surface area contributed by atoms with Crippen LogP contribution in [0.25, 0.3) is 10.9 Å². The molecule has 5 rings (SSSR count). The van der Waals surface area contributed by atoms with Gasteiger partial charge in [-0.05, 0) is 74.1 Å². The van der Waals surface area contributed by atoms with E-state index in [2.05, 4.69) is 41.4 Å². The number of nitrogens with zero attached hydrogens (tertiary/aromatic N) is 1. The third kappa shape index (κ3) is 3.28. The Labute approximate surface area is 190 Å². The van der Waals surface area contributed by atoms with E-state index in [1.165, 1.54) is 10.9 Å². The predicted octanol–water partition coefficient (Wildman–Crippen LogP) is 5.74. The maximum absolute atomic E-state index is 14.1. The molecule has 0 bridgehead atoms. The number of fused-ring (bicyclic) bond motifs is 3. The monoisotopic (exact) mass is 444 g/mol. The molecule has 0 aliphatic carbocycles. The van der Waals surface area contributed by atoms with Crippen molar-refractivity contribution in [3.8, 4) is 0 Å². The van der Waals surface area contributed by atoms with Crippen LogP contribution in [0.15, 0.2) is 65.6 Å². The van der Waals surface area contributed by atoms with Crippen molar-refractivity contribution in [1.82, 2.24) is 9.29 Å². The maximum atomic E-state index is 14.1. The fourth-order valence-corrected chi connectivity index (χ4v) is 6.78. The van der Waals surface area contributed by atoms with Crippen molar-refractivity contribution in [3.05, 3.63) is 99.7 Å². The number of aromatic nitrogens is 1.